The molecular formula is C22H23FN4O5. The molecule has 0 unspecified atom stereocenters. The number of nitrogens with zero attached hydrogens (tertiary/aromatic N) is 2. The first kappa shape index (κ1) is 22.9. The molecule has 3 rings (SSSR count). The summed E-state index contributed by atoms with van der Waals surface area (Å²) in [6.07, 6.45) is 1.59. The SMILES string of the molecule is COCC(=O)Nc1cc(C(=O)NCCC(=O)OC)c2c(c1)ncn2Cc1ccc(F)cc1. The third-order valence-corrected chi connectivity index (χ3v) is 4.63. The Morgan fingerprint density at radius 3 is 2.56 bits per heavy atom. The normalized spacial score (nSPS) is 10.7. The van der Waals surface area contributed by atoms with Gasteiger partial charge in [0.1, 0.15) is 12.4 Å². The maximum absolute atomic E-state index is 13.2. The van der Waals surface area contributed by atoms with Gasteiger partial charge in [0.25, 0.3) is 5.91 Å². The van der Waals surface area contributed by atoms with E-state index >= 15 is 0 Å². The van der Waals surface area contributed by atoms with Gasteiger partial charge in [-0.3, -0.25) is 14.4 Å². The van der Waals surface area contributed by atoms with Gasteiger partial charge in [0.2, 0.25) is 5.91 Å². The highest BCUT2D eigenvalue weighted by Gasteiger charge is 2.18. The van der Waals surface area contributed by atoms with Gasteiger partial charge in [-0.2, -0.15) is 0 Å². The highest BCUT2D eigenvalue weighted by Crippen LogP contribution is 2.25. The van der Waals surface area contributed by atoms with Crippen molar-refractivity contribution in [1.82, 2.24) is 14.9 Å². The van der Waals surface area contributed by atoms with Gasteiger partial charge < -0.3 is 24.7 Å². The number of nitrogens with one attached hydrogen (secondary N) is 2. The molecule has 0 saturated carbocycles. The van der Waals surface area contributed by atoms with Gasteiger partial charge in [0, 0.05) is 25.9 Å². The van der Waals surface area contributed by atoms with E-state index in [1.165, 1.54) is 32.4 Å². The maximum Gasteiger partial charge on any atom is 0.307 e. The number of hydrogen-bond acceptors (Lipinski definition) is 6. The smallest absolute Gasteiger partial charge is 0.307 e. The third-order valence-electron chi connectivity index (χ3n) is 4.63. The zero-order valence-electron chi connectivity index (χ0n) is 17.7. The minimum atomic E-state index is -0.447. The van der Waals surface area contributed by atoms with E-state index in [0.29, 0.717) is 23.3 Å². The Hall–Kier alpha value is -3.79. The second kappa shape index (κ2) is 10.5. The minimum Gasteiger partial charge on any atom is -0.469 e. The molecule has 0 saturated heterocycles. The molecule has 168 valence electrons. The summed E-state index contributed by atoms with van der Waals surface area (Å²) in [6, 6.07) is 9.20. The van der Waals surface area contributed by atoms with E-state index in [9.17, 15) is 18.8 Å². The van der Waals surface area contributed by atoms with Crippen LogP contribution in [0, 0.1) is 5.82 Å². The van der Waals surface area contributed by atoms with Gasteiger partial charge in [0.15, 0.2) is 0 Å². The molecule has 0 fully saturated rings. The van der Waals surface area contributed by atoms with Crippen LogP contribution in [0.3, 0.4) is 0 Å². The molecular weight excluding hydrogens is 419 g/mol. The fourth-order valence-corrected chi connectivity index (χ4v) is 3.16. The molecule has 0 bridgehead atoms. The molecule has 0 aliphatic heterocycles. The summed E-state index contributed by atoms with van der Waals surface area (Å²) in [4.78, 5) is 40.6. The summed E-state index contributed by atoms with van der Waals surface area (Å²) < 4.78 is 24.4. The highest BCUT2D eigenvalue weighted by molar-refractivity contribution is 6.07. The van der Waals surface area contributed by atoms with Gasteiger partial charge >= 0.3 is 5.97 Å². The topological polar surface area (TPSA) is 112 Å². The molecule has 32 heavy (non-hydrogen) atoms. The van der Waals surface area contributed by atoms with E-state index in [1.54, 1.807) is 29.1 Å². The van der Waals surface area contributed by atoms with Crippen LogP contribution in [0.4, 0.5) is 10.1 Å². The summed E-state index contributed by atoms with van der Waals surface area (Å²) in [6.45, 7) is 0.297. The molecule has 0 spiro atoms. The molecule has 0 aliphatic carbocycles. The van der Waals surface area contributed by atoms with Crippen molar-refractivity contribution in [3.63, 3.8) is 0 Å². The average Bonchev–Trinajstić information content (AvgIpc) is 3.17. The predicted molar refractivity (Wildman–Crippen MR) is 115 cm³/mol. The number of methoxy groups -OCH3 is 2. The number of fused-ring (bicyclic) bond motifs is 1. The van der Waals surface area contributed by atoms with Crippen molar-refractivity contribution in [1.29, 1.82) is 0 Å². The van der Waals surface area contributed by atoms with E-state index in [2.05, 4.69) is 20.4 Å². The number of aromatic nitrogens is 2. The number of imidazole rings is 1. The Kier molecular flexibility index (Phi) is 7.50. The van der Waals surface area contributed by atoms with Gasteiger partial charge in [-0.1, -0.05) is 12.1 Å². The van der Waals surface area contributed by atoms with Gasteiger partial charge in [0.05, 0.1) is 36.5 Å². The number of rotatable bonds is 9. The molecule has 2 N–H and O–H groups in total. The van der Waals surface area contributed by atoms with Crippen LogP contribution >= 0.6 is 0 Å². The Balaban J connectivity index is 1.95. The van der Waals surface area contributed by atoms with E-state index < -0.39 is 11.9 Å². The second-order valence-corrected chi connectivity index (χ2v) is 6.95. The fourth-order valence-electron chi connectivity index (χ4n) is 3.16. The average molecular weight is 442 g/mol. The number of carbonyl (C=O) groups excluding carboxylic acids is 3. The predicted octanol–water partition coefficient (Wildman–Crippen LogP) is 2.10. The van der Waals surface area contributed by atoms with Crippen LogP contribution < -0.4 is 10.6 Å². The summed E-state index contributed by atoms with van der Waals surface area (Å²) in [7, 11) is 2.67. The highest BCUT2D eigenvalue weighted by atomic mass is 19.1. The summed E-state index contributed by atoms with van der Waals surface area (Å²) in [5.74, 6) is -1.61. The van der Waals surface area contributed by atoms with Crippen LogP contribution in [0.25, 0.3) is 11.0 Å². The quantitative estimate of drug-likeness (QED) is 0.491. The van der Waals surface area contributed by atoms with Gasteiger partial charge in [-0.25, -0.2) is 9.37 Å². The largest absolute Gasteiger partial charge is 0.469 e. The first-order valence-corrected chi connectivity index (χ1v) is 9.78. The molecule has 0 radical (unpaired) electrons. The number of halogens is 1. The number of esters is 1. The molecule has 2 amide bonds. The van der Waals surface area contributed by atoms with Crippen molar-refractivity contribution in [3.8, 4) is 0 Å². The summed E-state index contributed by atoms with van der Waals surface area (Å²) in [5, 5.41) is 5.35. The van der Waals surface area contributed by atoms with Crippen LogP contribution in [-0.2, 0) is 25.6 Å². The number of anilines is 1. The number of carbonyl (C=O) groups is 3. The monoisotopic (exact) mass is 442 g/mol. The van der Waals surface area contributed by atoms with E-state index in [4.69, 9.17) is 4.74 Å². The third kappa shape index (κ3) is 5.67. The molecule has 1 heterocycles. The number of amides is 2. The first-order valence-electron chi connectivity index (χ1n) is 9.78. The Bertz CT molecular complexity index is 1130. The van der Waals surface area contributed by atoms with E-state index in [-0.39, 0.29) is 36.9 Å². The van der Waals surface area contributed by atoms with E-state index in [0.717, 1.165) is 5.56 Å². The van der Waals surface area contributed by atoms with Crippen molar-refractivity contribution in [2.45, 2.75) is 13.0 Å². The minimum absolute atomic E-state index is 0.0183. The van der Waals surface area contributed by atoms with Crippen molar-refractivity contribution in [2.75, 3.05) is 32.7 Å². The van der Waals surface area contributed by atoms with Gasteiger partial charge in [-0.15, -0.1) is 0 Å². The lowest BCUT2D eigenvalue weighted by atomic mass is 10.1. The standard InChI is InChI=1S/C22H23FN4O5/c1-31-12-19(28)26-16-9-17(22(30)24-8-7-20(29)32-2)21-18(10-16)25-13-27(21)11-14-3-5-15(23)6-4-14/h3-6,9-10,13H,7-8,11-12H2,1-2H3,(H,24,30)(H,26,28). The zero-order valence-corrected chi connectivity index (χ0v) is 17.7. The van der Waals surface area contributed by atoms with Crippen LogP contribution in [0.1, 0.15) is 22.3 Å². The lowest BCUT2D eigenvalue weighted by Gasteiger charge is -2.12. The number of ether oxygens (including phenoxy) is 2. The van der Waals surface area contributed by atoms with Gasteiger partial charge in [-0.05, 0) is 29.8 Å². The summed E-state index contributed by atoms with van der Waals surface area (Å²) >= 11 is 0. The molecule has 2 aromatic carbocycles. The molecule has 3 aromatic rings. The van der Waals surface area contributed by atoms with Crippen molar-refractivity contribution in [3.05, 3.63) is 59.7 Å². The first-order chi connectivity index (χ1) is 15.4. The van der Waals surface area contributed by atoms with Crippen molar-refractivity contribution >= 4 is 34.5 Å². The maximum atomic E-state index is 13.2. The molecule has 10 heteroatoms. The van der Waals surface area contributed by atoms with Crippen molar-refractivity contribution < 1.29 is 28.2 Å². The zero-order chi connectivity index (χ0) is 23.1. The Morgan fingerprint density at radius 1 is 1.12 bits per heavy atom. The second-order valence-electron chi connectivity index (χ2n) is 6.95. The van der Waals surface area contributed by atoms with Crippen LogP contribution in [0.2, 0.25) is 0 Å². The lowest BCUT2D eigenvalue weighted by Crippen LogP contribution is -2.27. The number of hydrogen-bond donors (Lipinski definition) is 2. The van der Waals surface area contributed by atoms with Crippen LogP contribution in [0.15, 0.2) is 42.7 Å². The van der Waals surface area contributed by atoms with Crippen LogP contribution in [-0.4, -0.2) is 54.7 Å². The fraction of sp³-hybridized carbons (Fsp3) is 0.273. The lowest BCUT2D eigenvalue weighted by molar-refractivity contribution is -0.140. The molecule has 9 nitrogen and oxygen atoms in total. The number of benzene rings is 2. The Labute approximate surface area is 183 Å². The molecule has 0 aliphatic rings. The Morgan fingerprint density at radius 2 is 1.88 bits per heavy atom. The molecule has 0 atom stereocenters. The summed E-state index contributed by atoms with van der Waals surface area (Å²) in [5.41, 5.74) is 2.49. The molecule has 1 aromatic heterocycles. The van der Waals surface area contributed by atoms with E-state index in [1.807, 2.05) is 0 Å². The van der Waals surface area contributed by atoms with Crippen molar-refractivity contribution in [2.24, 2.45) is 0 Å². The van der Waals surface area contributed by atoms with Crippen LogP contribution in [0.5, 0.6) is 0 Å².